The molecule has 1 saturated heterocycles. The van der Waals surface area contributed by atoms with Gasteiger partial charge in [-0.25, -0.2) is 0 Å². The second-order valence-electron chi connectivity index (χ2n) is 5.86. The fourth-order valence-corrected chi connectivity index (χ4v) is 5.61. The van der Waals surface area contributed by atoms with Crippen LogP contribution in [0.15, 0.2) is 36.4 Å². The van der Waals surface area contributed by atoms with Crippen LogP contribution in [0.4, 0.5) is 0 Å². The molecule has 0 spiro atoms. The van der Waals surface area contributed by atoms with Crippen molar-refractivity contribution in [2.45, 2.75) is 18.1 Å². The van der Waals surface area contributed by atoms with Gasteiger partial charge in [0.15, 0.2) is 17.3 Å². The van der Waals surface area contributed by atoms with Crippen LogP contribution in [0.5, 0.6) is 17.2 Å². The van der Waals surface area contributed by atoms with Crippen LogP contribution in [-0.4, -0.2) is 31.5 Å². The maximum Gasteiger partial charge on any atom is 0.161 e. The first-order valence-electron chi connectivity index (χ1n) is 8.34. The number of benzene rings is 2. The molecule has 138 valence electrons. The Balaban J connectivity index is 1.78. The zero-order chi connectivity index (χ0) is 18.5. The number of ether oxygens (including phenoxy) is 3. The molecule has 0 atom stereocenters. The molecule has 1 fully saturated rings. The van der Waals surface area contributed by atoms with Gasteiger partial charge in [0.05, 0.1) is 18.8 Å². The van der Waals surface area contributed by atoms with E-state index in [9.17, 15) is 4.79 Å². The highest BCUT2D eigenvalue weighted by Gasteiger charge is 2.20. The molecule has 1 aliphatic rings. The number of methoxy groups -OCH3 is 2. The van der Waals surface area contributed by atoms with Gasteiger partial charge in [0.1, 0.15) is 12.4 Å². The normalized spacial score (nSPS) is 14.3. The number of rotatable bonds is 7. The monoisotopic (exact) mass is 390 g/mol. The zero-order valence-electron chi connectivity index (χ0n) is 15.1. The lowest BCUT2D eigenvalue weighted by molar-refractivity contribution is 0.101. The molecule has 0 aliphatic carbocycles. The first-order valence-corrected chi connectivity index (χ1v) is 10.4. The second-order valence-corrected chi connectivity index (χ2v) is 8.58. The maximum atomic E-state index is 11.6. The lowest BCUT2D eigenvalue weighted by Crippen LogP contribution is -2.03. The van der Waals surface area contributed by atoms with Gasteiger partial charge in [-0.1, -0.05) is 6.07 Å². The van der Waals surface area contributed by atoms with Gasteiger partial charge in [-0.05, 0) is 42.8 Å². The van der Waals surface area contributed by atoms with Gasteiger partial charge >= 0.3 is 0 Å². The van der Waals surface area contributed by atoms with Gasteiger partial charge < -0.3 is 14.2 Å². The highest BCUT2D eigenvalue weighted by molar-refractivity contribution is 8.19. The van der Waals surface area contributed by atoms with Crippen LogP contribution in [0.1, 0.15) is 33.0 Å². The lowest BCUT2D eigenvalue weighted by Gasteiger charge is -2.16. The molecule has 0 unspecified atom stereocenters. The SMILES string of the molecule is COc1ccc(C(C)=O)cc1COc1ccc(C2SCCS2)cc1OC. The summed E-state index contributed by atoms with van der Waals surface area (Å²) in [4.78, 5) is 11.6. The molecule has 3 rings (SSSR count). The zero-order valence-corrected chi connectivity index (χ0v) is 16.7. The summed E-state index contributed by atoms with van der Waals surface area (Å²) in [6.07, 6.45) is 0. The third-order valence-electron chi connectivity index (χ3n) is 4.15. The van der Waals surface area contributed by atoms with Crippen LogP contribution in [0.3, 0.4) is 0 Å². The van der Waals surface area contributed by atoms with Gasteiger partial charge in [-0.2, -0.15) is 0 Å². The van der Waals surface area contributed by atoms with Crippen molar-refractivity contribution in [1.29, 1.82) is 0 Å². The Kier molecular flexibility index (Phi) is 6.38. The molecule has 26 heavy (non-hydrogen) atoms. The number of hydrogen-bond donors (Lipinski definition) is 0. The highest BCUT2D eigenvalue weighted by atomic mass is 32.2. The molecule has 0 saturated carbocycles. The third kappa shape index (κ3) is 4.30. The van der Waals surface area contributed by atoms with Gasteiger partial charge in [0.25, 0.3) is 0 Å². The first kappa shape index (κ1) is 19.0. The minimum atomic E-state index is 0.0161. The Bertz CT molecular complexity index is 785. The largest absolute Gasteiger partial charge is 0.496 e. The molecule has 2 aromatic rings. The summed E-state index contributed by atoms with van der Waals surface area (Å²) in [5, 5.41) is 0. The van der Waals surface area contributed by atoms with Crippen molar-refractivity contribution in [3.8, 4) is 17.2 Å². The molecule has 2 aromatic carbocycles. The molecule has 0 amide bonds. The minimum absolute atomic E-state index is 0.0161. The van der Waals surface area contributed by atoms with Crippen molar-refractivity contribution in [2.24, 2.45) is 0 Å². The van der Waals surface area contributed by atoms with E-state index in [4.69, 9.17) is 14.2 Å². The smallest absolute Gasteiger partial charge is 0.161 e. The Morgan fingerprint density at radius 3 is 2.35 bits per heavy atom. The highest BCUT2D eigenvalue weighted by Crippen LogP contribution is 2.47. The van der Waals surface area contributed by atoms with Crippen molar-refractivity contribution in [1.82, 2.24) is 0 Å². The quantitative estimate of drug-likeness (QED) is 0.623. The van der Waals surface area contributed by atoms with Crippen LogP contribution in [0.25, 0.3) is 0 Å². The maximum absolute atomic E-state index is 11.6. The fourth-order valence-electron chi connectivity index (χ4n) is 2.77. The predicted molar refractivity (Wildman–Crippen MR) is 108 cm³/mol. The van der Waals surface area contributed by atoms with E-state index in [0.29, 0.717) is 28.3 Å². The number of carbonyl (C=O) groups is 1. The third-order valence-corrected chi connectivity index (χ3v) is 7.26. The van der Waals surface area contributed by atoms with Crippen molar-refractivity contribution in [3.05, 3.63) is 53.1 Å². The number of ketones is 1. The van der Waals surface area contributed by atoms with E-state index in [0.717, 1.165) is 11.3 Å². The summed E-state index contributed by atoms with van der Waals surface area (Å²) in [7, 11) is 3.26. The molecular formula is C20H22O4S2. The van der Waals surface area contributed by atoms with Gasteiger partial charge in [-0.15, -0.1) is 23.5 Å². The summed E-state index contributed by atoms with van der Waals surface area (Å²) in [6.45, 7) is 1.85. The molecule has 1 heterocycles. The van der Waals surface area contributed by atoms with E-state index in [1.807, 2.05) is 35.7 Å². The summed E-state index contributed by atoms with van der Waals surface area (Å²) in [6, 6.07) is 11.5. The van der Waals surface area contributed by atoms with Crippen LogP contribution in [0.2, 0.25) is 0 Å². The topological polar surface area (TPSA) is 44.8 Å². The fraction of sp³-hybridized carbons (Fsp3) is 0.350. The molecule has 0 radical (unpaired) electrons. The minimum Gasteiger partial charge on any atom is -0.496 e. The Morgan fingerprint density at radius 2 is 1.69 bits per heavy atom. The van der Waals surface area contributed by atoms with E-state index in [-0.39, 0.29) is 5.78 Å². The van der Waals surface area contributed by atoms with E-state index in [1.54, 1.807) is 33.3 Å². The Labute approximate surface area is 162 Å². The average Bonchev–Trinajstić information content (AvgIpc) is 3.20. The molecule has 0 bridgehead atoms. The Hall–Kier alpha value is -1.79. The predicted octanol–water partition coefficient (Wildman–Crippen LogP) is 4.96. The molecule has 0 aromatic heterocycles. The van der Waals surface area contributed by atoms with Crippen LogP contribution in [-0.2, 0) is 6.61 Å². The summed E-state index contributed by atoms with van der Waals surface area (Å²) in [5.74, 6) is 4.48. The molecule has 1 aliphatic heterocycles. The van der Waals surface area contributed by atoms with Crippen LogP contribution >= 0.6 is 23.5 Å². The molecule has 6 heteroatoms. The number of thioether (sulfide) groups is 2. The van der Waals surface area contributed by atoms with Crippen molar-refractivity contribution < 1.29 is 19.0 Å². The van der Waals surface area contributed by atoms with E-state index in [1.165, 1.54) is 17.1 Å². The second kappa shape index (κ2) is 8.73. The van der Waals surface area contributed by atoms with Crippen LogP contribution in [0, 0.1) is 0 Å². The van der Waals surface area contributed by atoms with Crippen molar-refractivity contribution >= 4 is 29.3 Å². The first-order chi connectivity index (χ1) is 12.6. The van der Waals surface area contributed by atoms with Crippen molar-refractivity contribution in [2.75, 3.05) is 25.7 Å². The average molecular weight is 391 g/mol. The Morgan fingerprint density at radius 1 is 1.00 bits per heavy atom. The summed E-state index contributed by atoms with van der Waals surface area (Å²) in [5.41, 5.74) is 2.72. The molecular weight excluding hydrogens is 368 g/mol. The van der Waals surface area contributed by atoms with Gasteiger partial charge in [-0.3, -0.25) is 4.79 Å². The summed E-state index contributed by atoms with van der Waals surface area (Å²) >= 11 is 3.92. The number of hydrogen-bond acceptors (Lipinski definition) is 6. The van der Waals surface area contributed by atoms with Gasteiger partial charge in [0, 0.05) is 22.6 Å². The van der Waals surface area contributed by atoms with E-state index >= 15 is 0 Å². The number of carbonyl (C=O) groups excluding carboxylic acids is 1. The lowest BCUT2D eigenvalue weighted by atomic mass is 10.1. The number of Topliss-reactive ketones (excluding diaryl/α,β-unsaturated/α-hetero) is 1. The molecule has 0 N–H and O–H groups in total. The van der Waals surface area contributed by atoms with E-state index < -0.39 is 0 Å². The standard InChI is InChI=1S/C20H22O4S2/c1-13(21)14-4-6-17(22-2)16(10-14)12-24-18-7-5-15(11-19(18)23-3)20-25-8-9-26-20/h4-7,10-11,20H,8-9,12H2,1-3H3. The van der Waals surface area contributed by atoms with Crippen molar-refractivity contribution in [3.63, 3.8) is 0 Å². The van der Waals surface area contributed by atoms with Crippen LogP contribution < -0.4 is 14.2 Å². The van der Waals surface area contributed by atoms with Gasteiger partial charge in [0.2, 0.25) is 0 Å². The van der Waals surface area contributed by atoms with E-state index in [2.05, 4.69) is 12.1 Å². The molecule has 4 nitrogen and oxygen atoms in total. The summed E-state index contributed by atoms with van der Waals surface area (Å²) < 4.78 is 17.3.